The monoisotopic (exact) mass is 363 g/mol. The topological polar surface area (TPSA) is 78.8 Å². The van der Waals surface area contributed by atoms with Gasteiger partial charge in [-0.05, 0) is 38.0 Å². The summed E-state index contributed by atoms with van der Waals surface area (Å²) in [5, 5.41) is 2.26. The highest BCUT2D eigenvalue weighted by molar-refractivity contribution is 6.35. The SMILES string of the molecule is CC(=NCCc1ccccc1)[C@H]1C(=O)NC(=O)N(c2ccc(C)cc2)C1=O. The van der Waals surface area contributed by atoms with E-state index in [0.29, 0.717) is 24.4 Å². The summed E-state index contributed by atoms with van der Waals surface area (Å²) in [5.74, 6) is -2.30. The van der Waals surface area contributed by atoms with Gasteiger partial charge in [0.25, 0.3) is 5.91 Å². The molecule has 1 saturated heterocycles. The summed E-state index contributed by atoms with van der Waals surface area (Å²) in [7, 11) is 0. The van der Waals surface area contributed by atoms with Crippen LogP contribution in [0.25, 0.3) is 0 Å². The number of aliphatic imine (C=N–C) groups is 1. The second-order valence-electron chi connectivity index (χ2n) is 6.50. The highest BCUT2D eigenvalue weighted by Crippen LogP contribution is 2.22. The molecule has 27 heavy (non-hydrogen) atoms. The van der Waals surface area contributed by atoms with E-state index >= 15 is 0 Å². The van der Waals surface area contributed by atoms with Gasteiger partial charge >= 0.3 is 6.03 Å². The molecule has 138 valence electrons. The third-order valence-electron chi connectivity index (χ3n) is 4.48. The van der Waals surface area contributed by atoms with Crippen molar-refractivity contribution >= 4 is 29.2 Å². The maximum Gasteiger partial charge on any atom is 0.335 e. The molecule has 1 aliphatic rings. The Balaban J connectivity index is 1.77. The van der Waals surface area contributed by atoms with E-state index in [0.717, 1.165) is 16.0 Å². The number of aryl methyl sites for hydroxylation is 1. The van der Waals surface area contributed by atoms with Crippen molar-refractivity contribution in [2.75, 3.05) is 11.4 Å². The summed E-state index contributed by atoms with van der Waals surface area (Å²) in [4.78, 5) is 42.7. The van der Waals surface area contributed by atoms with E-state index in [1.54, 1.807) is 19.1 Å². The van der Waals surface area contributed by atoms with Gasteiger partial charge in [-0.25, -0.2) is 9.69 Å². The summed E-state index contributed by atoms with van der Waals surface area (Å²) in [6.45, 7) is 4.03. The normalized spacial score (nSPS) is 17.9. The molecule has 0 radical (unpaired) electrons. The molecular weight excluding hydrogens is 342 g/mol. The van der Waals surface area contributed by atoms with Crippen molar-refractivity contribution in [2.24, 2.45) is 10.9 Å². The van der Waals surface area contributed by atoms with Crippen molar-refractivity contribution in [3.63, 3.8) is 0 Å². The van der Waals surface area contributed by atoms with Crippen molar-refractivity contribution in [1.82, 2.24) is 5.32 Å². The Labute approximate surface area is 157 Å². The second-order valence-corrected chi connectivity index (χ2v) is 6.50. The maximum absolute atomic E-state index is 12.9. The van der Waals surface area contributed by atoms with Crippen LogP contribution in [0.2, 0.25) is 0 Å². The number of carbonyl (C=O) groups excluding carboxylic acids is 3. The average Bonchev–Trinajstić information content (AvgIpc) is 2.64. The van der Waals surface area contributed by atoms with Crippen LogP contribution in [-0.4, -0.2) is 30.1 Å². The zero-order valence-electron chi connectivity index (χ0n) is 15.3. The summed E-state index contributed by atoms with van der Waals surface area (Å²) < 4.78 is 0. The van der Waals surface area contributed by atoms with E-state index in [-0.39, 0.29) is 0 Å². The van der Waals surface area contributed by atoms with Crippen LogP contribution in [0.1, 0.15) is 18.1 Å². The van der Waals surface area contributed by atoms with Crippen LogP contribution in [0.15, 0.2) is 59.6 Å². The number of rotatable bonds is 5. The van der Waals surface area contributed by atoms with Gasteiger partial charge in [0.05, 0.1) is 5.69 Å². The molecule has 0 aliphatic carbocycles. The van der Waals surface area contributed by atoms with E-state index in [9.17, 15) is 14.4 Å². The molecule has 0 spiro atoms. The van der Waals surface area contributed by atoms with Crippen LogP contribution >= 0.6 is 0 Å². The number of nitrogens with one attached hydrogen (secondary N) is 1. The van der Waals surface area contributed by atoms with E-state index in [1.165, 1.54) is 0 Å². The van der Waals surface area contributed by atoms with Crippen molar-refractivity contribution in [3.8, 4) is 0 Å². The van der Waals surface area contributed by atoms with Crippen molar-refractivity contribution < 1.29 is 14.4 Å². The number of nitrogens with zero attached hydrogens (tertiary/aromatic N) is 2. The molecular formula is C21H21N3O3. The molecule has 3 rings (SSSR count). The van der Waals surface area contributed by atoms with Gasteiger partial charge in [-0.15, -0.1) is 0 Å². The molecule has 1 aliphatic heterocycles. The Morgan fingerprint density at radius 3 is 2.37 bits per heavy atom. The molecule has 0 saturated carbocycles. The minimum atomic E-state index is -1.10. The first kappa shape index (κ1) is 18.5. The first-order chi connectivity index (χ1) is 13.0. The molecule has 0 bridgehead atoms. The molecule has 1 heterocycles. The van der Waals surface area contributed by atoms with Gasteiger partial charge in [0.2, 0.25) is 5.91 Å². The molecule has 1 atom stereocenters. The molecule has 1 N–H and O–H groups in total. The molecule has 6 heteroatoms. The van der Waals surface area contributed by atoms with Crippen LogP contribution in [0, 0.1) is 12.8 Å². The Morgan fingerprint density at radius 2 is 1.70 bits per heavy atom. The number of imide groups is 2. The largest absolute Gasteiger partial charge is 0.335 e. The summed E-state index contributed by atoms with van der Waals surface area (Å²) >= 11 is 0. The molecule has 2 aromatic carbocycles. The fraction of sp³-hybridized carbons (Fsp3) is 0.238. The first-order valence-electron chi connectivity index (χ1n) is 8.77. The third kappa shape index (κ3) is 4.11. The standard InChI is InChI=1S/C21H21N3O3/c1-14-8-10-17(11-9-14)24-20(26)18(19(25)23-21(24)27)15(2)22-13-12-16-6-4-3-5-7-16/h3-11,18H,12-13H2,1-2H3,(H,23,25,27)/t18-/m0/s1. The molecule has 6 nitrogen and oxygen atoms in total. The smallest absolute Gasteiger partial charge is 0.293 e. The number of anilines is 1. The predicted octanol–water partition coefficient (Wildman–Crippen LogP) is 2.90. The van der Waals surface area contributed by atoms with Crippen molar-refractivity contribution in [3.05, 3.63) is 65.7 Å². The second kappa shape index (κ2) is 7.95. The lowest BCUT2D eigenvalue weighted by Crippen LogP contribution is -2.60. The Morgan fingerprint density at radius 1 is 1.04 bits per heavy atom. The third-order valence-corrected chi connectivity index (χ3v) is 4.48. The summed E-state index contributed by atoms with van der Waals surface area (Å²) in [5.41, 5.74) is 2.97. The van der Waals surface area contributed by atoms with Gasteiger partial charge in [-0.3, -0.25) is 19.9 Å². The zero-order valence-corrected chi connectivity index (χ0v) is 15.3. The number of benzene rings is 2. The van der Waals surface area contributed by atoms with Crippen LogP contribution in [0.5, 0.6) is 0 Å². The Hall–Kier alpha value is -3.28. The zero-order chi connectivity index (χ0) is 19.4. The van der Waals surface area contributed by atoms with Crippen LogP contribution < -0.4 is 10.2 Å². The number of barbiturate groups is 1. The summed E-state index contributed by atoms with van der Waals surface area (Å²) in [6, 6.07) is 16.1. The molecule has 0 unspecified atom stereocenters. The number of amides is 4. The summed E-state index contributed by atoms with van der Waals surface area (Å²) in [6.07, 6.45) is 0.710. The first-order valence-corrected chi connectivity index (χ1v) is 8.77. The average molecular weight is 363 g/mol. The highest BCUT2D eigenvalue weighted by Gasteiger charge is 2.42. The van der Waals surface area contributed by atoms with Gasteiger partial charge in [0, 0.05) is 12.3 Å². The van der Waals surface area contributed by atoms with E-state index < -0.39 is 23.8 Å². The minimum absolute atomic E-state index is 0.401. The lowest BCUT2D eigenvalue weighted by atomic mass is 9.99. The molecule has 4 amide bonds. The van der Waals surface area contributed by atoms with Gasteiger partial charge in [0.15, 0.2) is 5.92 Å². The maximum atomic E-state index is 12.9. The predicted molar refractivity (Wildman–Crippen MR) is 104 cm³/mol. The quantitative estimate of drug-likeness (QED) is 0.655. The highest BCUT2D eigenvalue weighted by atomic mass is 16.2. The molecule has 1 fully saturated rings. The van der Waals surface area contributed by atoms with E-state index in [4.69, 9.17) is 0 Å². The van der Waals surface area contributed by atoms with Crippen molar-refractivity contribution in [2.45, 2.75) is 20.3 Å². The molecule has 0 aromatic heterocycles. The molecule has 2 aromatic rings. The van der Waals surface area contributed by atoms with E-state index in [1.807, 2.05) is 49.4 Å². The fourth-order valence-corrected chi connectivity index (χ4v) is 2.98. The fourth-order valence-electron chi connectivity index (χ4n) is 2.98. The van der Waals surface area contributed by atoms with Gasteiger partial charge in [0.1, 0.15) is 0 Å². The Bertz CT molecular complexity index is 889. The van der Waals surface area contributed by atoms with Crippen molar-refractivity contribution in [1.29, 1.82) is 0 Å². The van der Waals surface area contributed by atoms with Gasteiger partial charge < -0.3 is 0 Å². The number of hydrogen-bond acceptors (Lipinski definition) is 4. The van der Waals surface area contributed by atoms with Crippen LogP contribution in [0.3, 0.4) is 0 Å². The minimum Gasteiger partial charge on any atom is -0.293 e. The number of carbonyl (C=O) groups is 3. The lowest BCUT2D eigenvalue weighted by molar-refractivity contribution is -0.131. The van der Waals surface area contributed by atoms with E-state index in [2.05, 4.69) is 10.3 Å². The number of urea groups is 1. The van der Waals surface area contributed by atoms with Gasteiger partial charge in [-0.1, -0.05) is 48.0 Å². The van der Waals surface area contributed by atoms with Gasteiger partial charge in [-0.2, -0.15) is 0 Å². The van der Waals surface area contributed by atoms with Crippen LogP contribution in [-0.2, 0) is 16.0 Å². The van der Waals surface area contributed by atoms with Crippen LogP contribution in [0.4, 0.5) is 10.5 Å². The number of hydrogen-bond donors (Lipinski definition) is 1. The Kier molecular flexibility index (Phi) is 5.45. The lowest BCUT2D eigenvalue weighted by Gasteiger charge is -2.30.